The molecule has 3 N–H and O–H groups in total. The van der Waals surface area contributed by atoms with Crippen molar-refractivity contribution in [2.75, 3.05) is 6.54 Å². The fourth-order valence-electron chi connectivity index (χ4n) is 2.73. The first-order valence-electron chi connectivity index (χ1n) is 7.52. The molecule has 6 heteroatoms. The zero-order valence-electron chi connectivity index (χ0n) is 12.7. The summed E-state index contributed by atoms with van der Waals surface area (Å²) < 4.78 is 29.4. The standard InChI is InChI=1S/C15H25N3O2S/c1-12-5-3-4-10-18(12)21(19,20)17-13(2)15-8-6-14(11-16)7-9-15/h6-9,12-13,17H,3-5,10-11,16H2,1-2H3. The zero-order chi connectivity index (χ0) is 15.5. The minimum atomic E-state index is -3.44. The number of piperidine rings is 1. The molecule has 0 radical (unpaired) electrons. The SMILES string of the molecule is CC(NS(=O)(=O)N1CCCCC1C)c1ccc(CN)cc1. The summed E-state index contributed by atoms with van der Waals surface area (Å²) >= 11 is 0. The van der Waals surface area contributed by atoms with Crippen LogP contribution in [0.4, 0.5) is 0 Å². The zero-order valence-corrected chi connectivity index (χ0v) is 13.6. The molecular formula is C15H25N3O2S. The van der Waals surface area contributed by atoms with E-state index >= 15 is 0 Å². The molecule has 118 valence electrons. The van der Waals surface area contributed by atoms with Gasteiger partial charge in [-0.1, -0.05) is 30.7 Å². The van der Waals surface area contributed by atoms with Gasteiger partial charge in [-0.05, 0) is 37.8 Å². The van der Waals surface area contributed by atoms with E-state index in [-0.39, 0.29) is 12.1 Å². The minimum absolute atomic E-state index is 0.0723. The van der Waals surface area contributed by atoms with Crippen LogP contribution in [0.15, 0.2) is 24.3 Å². The molecule has 1 aliphatic rings. The molecule has 0 spiro atoms. The normalized spacial score (nSPS) is 22.1. The van der Waals surface area contributed by atoms with Crippen LogP contribution in [0.3, 0.4) is 0 Å². The molecule has 21 heavy (non-hydrogen) atoms. The molecule has 0 aromatic heterocycles. The fraction of sp³-hybridized carbons (Fsp3) is 0.600. The third kappa shape index (κ3) is 4.03. The molecule has 0 amide bonds. The Morgan fingerprint density at radius 3 is 2.57 bits per heavy atom. The highest BCUT2D eigenvalue weighted by atomic mass is 32.2. The van der Waals surface area contributed by atoms with E-state index in [2.05, 4.69) is 4.72 Å². The molecule has 1 aromatic rings. The van der Waals surface area contributed by atoms with E-state index in [0.29, 0.717) is 13.1 Å². The summed E-state index contributed by atoms with van der Waals surface area (Å²) in [5.41, 5.74) is 7.56. The van der Waals surface area contributed by atoms with Gasteiger partial charge in [0.25, 0.3) is 10.2 Å². The number of hydrogen-bond acceptors (Lipinski definition) is 3. The van der Waals surface area contributed by atoms with Gasteiger partial charge in [0, 0.05) is 25.2 Å². The number of nitrogens with one attached hydrogen (secondary N) is 1. The molecule has 2 rings (SSSR count). The fourth-order valence-corrected chi connectivity index (χ4v) is 4.40. The summed E-state index contributed by atoms with van der Waals surface area (Å²) in [6, 6.07) is 7.54. The van der Waals surface area contributed by atoms with Gasteiger partial charge in [0.15, 0.2) is 0 Å². The predicted molar refractivity (Wildman–Crippen MR) is 84.8 cm³/mol. The molecule has 0 aliphatic carbocycles. The minimum Gasteiger partial charge on any atom is -0.326 e. The van der Waals surface area contributed by atoms with Crippen molar-refractivity contribution >= 4 is 10.2 Å². The Balaban J connectivity index is 2.07. The largest absolute Gasteiger partial charge is 0.326 e. The summed E-state index contributed by atoms with van der Waals surface area (Å²) in [6.45, 7) is 4.93. The number of hydrogen-bond donors (Lipinski definition) is 2. The molecule has 2 unspecified atom stereocenters. The Bertz CT molecular complexity index is 557. The molecule has 5 nitrogen and oxygen atoms in total. The maximum absolute atomic E-state index is 12.5. The van der Waals surface area contributed by atoms with Gasteiger partial charge in [-0.25, -0.2) is 0 Å². The summed E-state index contributed by atoms with van der Waals surface area (Å²) in [7, 11) is -3.44. The molecule has 1 heterocycles. The Kier molecular flexibility index (Phi) is 5.37. The van der Waals surface area contributed by atoms with Crippen LogP contribution in [-0.4, -0.2) is 25.3 Å². The highest BCUT2D eigenvalue weighted by molar-refractivity contribution is 7.87. The Hall–Kier alpha value is -0.950. The molecule has 1 fully saturated rings. The van der Waals surface area contributed by atoms with Crippen molar-refractivity contribution in [2.45, 2.75) is 51.7 Å². The maximum atomic E-state index is 12.5. The van der Waals surface area contributed by atoms with Crippen LogP contribution in [0, 0.1) is 0 Å². The number of benzene rings is 1. The van der Waals surface area contributed by atoms with Crippen LogP contribution in [0.1, 0.15) is 50.3 Å². The topological polar surface area (TPSA) is 75.4 Å². The lowest BCUT2D eigenvalue weighted by atomic mass is 10.1. The van der Waals surface area contributed by atoms with Crippen molar-refractivity contribution in [3.05, 3.63) is 35.4 Å². The third-order valence-electron chi connectivity index (χ3n) is 4.09. The Morgan fingerprint density at radius 1 is 1.33 bits per heavy atom. The highest BCUT2D eigenvalue weighted by Gasteiger charge is 2.30. The second-order valence-corrected chi connectivity index (χ2v) is 7.40. The molecule has 1 aliphatic heterocycles. The van der Waals surface area contributed by atoms with Crippen LogP contribution < -0.4 is 10.5 Å². The summed E-state index contributed by atoms with van der Waals surface area (Å²) in [4.78, 5) is 0. The first kappa shape index (κ1) is 16.4. The van der Waals surface area contributed by atoms with Crippen molar-refractivity contribution in [3.8, 4) is 0 Å². The molecule has 1 saturated heterocycles. The summed E-state index contributed by atoms with van der Waals surface area (Å²) in [5, 5.41) is 0. The number of nitrogens with zero attached hydrogens (tertiary/aromatic N) is 1. The first-order valence-corrected chi connectivity index (χ1v) is 8.96. The lowest BCUT2D eigenvalue weighted by Crippen LogP contribution is -2.48. The van der Waals surface area contributed by atoms with Gasteiger partial charge >= 0.3 is 0 Å². The lowest BCUT2D eigenvalue weighted by molar-refractivity contribution is 0.264. The monoisotopic (exact) mass is 311 g/mol. The van der Waals surface area contributed by atoms with Crippen molar-refractivity contribution in [2.24, 2.45) is 5.73 Å². The molecule has 1 aromatic carbocycles. The summed E-state index contributed by atoms with van der Waals surface area (Å²) in [6.07, 6.45) is 2.97. The van der Waals surface area contributed by atoms with Gasteiger partial charge in [-0.3, -0.25) is 0 Å². The molecule has 0 saturated carbocycles. The Morgan fingerprint density at radius 2 is 2.00 bits per heavy atom. The van der Waals surface area contributed by atoms with Crippen LogP contribution in [0.25, 0.3) is 0 Å². The smallest absolute Gasteiger partial charge is 0.280 e. The number of nitrogens with two attached hydrogens (primary N) is 1. The average Bonchev–Trinajstić information content (AvgIpc) is 2.47. The van der Waals surface area contributed by atoms with Crippen molar-refractivity contribution < 1.29 is 8.42 Å². The van der Waals surface area contributed by atoms with Gasteiger partial charge < -0.3 is 5.73 Å². The van der Waals surface area contributed by atoms with E-state index in [0.717, 1.165) is 30.4 Å². The van der Waals surface area contributed by atoms with E-state index in [1.165, 1.54) is 0 Å². The first-order chi connectivity index (χ1) is 9.94. The number of rotatable bonds is 5. The molecule has 2 atom stereocenters. The lowest BCUT2D eigenvalue weighted by Gasteiger charge is -2.33. The van der Waals surface area contributed by atoms with E-state index in [4.69, 9.17) is 5.73 Å². The van der Waals surface area contributed by atoms with Gasteiger partial charge in [-0.2, -0.15) is 17.4 Å². The van der Waals surface area contributed by atoms with Gasteiger partial charge in [-0.15, -0.1) is 0 Å². The quantitative estimate of drug-likeness (QED) is 0.872. The van der Waals surface area contributed by atoms with Gasteiger partial charge in [0.2, 0.25) is 0 Å². The summed E-state index contributed by atoms with van der Waals surface area (Å²) in [5.74, 6) is 0. The predicted octanol–water partition coefficient (Wildman–Crippen LogP) is 1.92. The van der Waals surface area contributed by atoms with E-state index in [1.807, 2.05) is 38.1 Å². The van der Waals surface area contributed by atoms with Crippen LogP contribution in [-0.2, 0) is 16.8 Å². The molecular weight excluding hydrogens is 286 g/mol. The average molecular weight is 311 g/mol. The van der Waals surface area contributed by atoms with Gasteiger partial charge in [0.05, 0.1) is 0 Å². The third-order valence-corrected chi connectivity index (χ3v) is 5.90. The highest BCUT2D eigenvalue weighted by Crippen LogP contribution is 2.21. The van der Waals surface area contributed by atoms with Crippen LogP contribution in [0.5, 0.6) is 0 Å². The van der Waals surface area contributed by atoms with Crippen molar-refractivity contribution in [1.29, 1.82) is 0 Å². The van der Waals surface area contributed by atoms with E-state index in [9.17, 15) is 8.42 Å². The maximum Gasteiger partial charge on any atom is 0.280 e. The van der Waals surface area contributed by atoms with Crippen molar-refractivity contribution in [1.82, 2.24) is 9.03 Å². The van der Waals surface area contributed by atoms with E-state index in [1.54, 1.807) is 4.31 Å². The van der Waals surface area contributed by atoms with Crippen LogP contribution in [0.2, 0.25) is 0 Å². The molecule has 0 bridgehead atoms. The van der Waals surface area contributed by atoms with Crippen molar-refractivity contribution in [3.63, 3.8) is 0 Å². The van der Waals surface area contributed by atoms with Crippen LogP contribution >= 0.6 is 0 Å². The second-order valence-electron chi connectivity index (χ2n) is 5.75. The van der Waals surface area contributed by atoms with E-state index < -0.39 is 10.2 Å². The Labute approximate surface area is 127 Å². The van der Waals surface area contributed by atoms with Gasteiger partial charge in [0.1, 0.15) is 0 Å². The second kappa shape index (κ2) is 6.87.